The highest BCUT2D eigenvalue weighted by Gasteiger charge is 2.15. The third-order valence-corrected chi connectivity index (χ3v) is 2.89. The van der Waals surface area contributed by atoms with Crippen LogP contribution in [0.3, 0.4) is 0 Å². The van der Waals surface area contributed by atoms with Crippen LogP contribution in [0, 0.1) is 6.92 Å². The van der Waals surface area contributed by atoms with Crippen molar-refractivity contribution in [3.63, 3.8) is 0 Å². The second-order valence-electron chi connectivity index (χ2n) is 3.36. The first-order valence-electron chi connectivity index (χ1n) is 4.37. The van der Waals surface area contributed by atoms with E-state index < -0.39 is 5.97 Å². The zero-order valence-electron chi connectivity index (χ0n) is 8.28. The fourth-order valence-corrected chi connectivity index (χ4v) is 2.00. The van der Waals surface area contributed by atoms with Gasteiger partial charge in [0.1, 0.15) is 5.52 Å². The predicted octanol–water partition coefficient (Wildman–Crippen LogP) is 2.34. The van der Waals surface area contributed by atoms with Gasteiger partial charge in [-0.3, -0.25) is 4.68 Å². The fourth-order valence-electron chi connectivity index (χ4n) is 1.55. The molecule has 1 heterocycles. The summed E-state index contributed by atoms with van der Waals surface area (Å²) in [5.74, 6) is -0.959. The Morgan fingerprint density at radius 3 is 2.80 bits per heavy atom. The Bertz CT molecular complexity index is 560. The smallest absolute Gasteiger partial charge is 0.338 e. The number of rotatable bonds is 1. The van der Waals surface area contributed by atoms with Crippen molar-refractivity contribution in [3.05, 3.63) is 27.9 Å². The van der Waals surface area contributed by atoms with Gasteiger partial charge in [0.2, 0.25) is 0 Å². The molecule has 0 saturated heterocycles. The van der Waals surface area contributed by atoms with Gasteiger partial charge in [-0.1, -0.05) is 15.9 Å². The summed E-state index contributed by atoms with van der Waals surface area (Å²) in [5.41, 5.74) is 1.71. The molecule has 0 bridgehead atoms. The summed E-state index contributed by atoms with van der Waals surface area (Å²) >= 11 is 3.29. The Morgan fingerprint density at radius 2 is 2.20 bits per heavy atom. The number of aromatic nitrogens is 2. The van der Waals surface area contributed by atoms with E-state index in [1.54, 1.807) is 17.8 Å². The van der Waals surface area contributed by atoms with Crippen LogP contribution in [-0.4, -0.2) is 20.9 Å². The van der Waals surface area contributed by atoms with Gasteiger partial charge in [-0.2, -0.15) is 5.10 Å². The van der Waals surface area contributed by atoms with E-state index in [1.807, 2.05) is 13.0 Å². The highest BCUT2D eigenvalue weighted by Crippen LogP contribution is 2.25. The highest BCUT2D eigenvalue weighted by molar-refractivity contribution is 9.10. The maximum atomic E-state index is 11.0. The number of halogens is 1. The van der Waals surface area contributed by atoms with E-state index in [0.717, 1.165) is 15.6 Å². The minimum atomic E-state index is -0.959. The number of aryl methyl sites for hydroxylation is 2. The fraction of sp³-hybridized carbons (Fsp3) is 0.200. The van der Waals surface area contributed by atoms with Gasteiger partial charge in [0, 0.05) is 22.6 Å². The van der Waals surface area contributed by atoms with E-state index in [0.29, 0.717) is 5.52 Å². The van der Waals surface area contributed by atoms with Gasteiger partial charge in [-0.25, -0.2) is 4.79 Å². The van der Waals surface area contributed by atoms with Crippen LogP contribution in [0.2, 0.25) is 0 Å². The summed E-state index contributed by atoms with van der Waals surface area (Å²) in [6, 6.07) is 3.45. The van der Waals surface area contributed by atoms with Gasteiger partial charge >= 0.3 is 5.97 Å². The lowest BCUT2D eigenvalue weighted by Crippen LogP contribution is -1.98. The first-order valence-corrected chi connectivity index (χ1v) is 5.16. The first kappa shape index (κ1) is 10.2. The number of benzene rings is 1. The molecule has 5 heteroatoms. The van der Waals surface area contributed by atoms with E-state index in [1.165, 1.54) is 0 Å². The summed E-state index contributed by atoms with van der Waals surface area (Å²) < 4.78 is 2.44. The zero-order chi connectivity index (χ0) is 11.2. The average Bonchev–Trinajstić information content (AvgIpc) is 2.43. The molecule has 1 aromatic carbocycles. The molecule has 78 valence electrons. The topological polar surface area (TPSA) is 55.1 Å². The molecular formula is C10H9BrN2O2. The zero-order valence-corrected chi connectivity index (χ0v) is 9.87. The molecule has 0 atom stereocenters. The van der Waals surface area contributed by atoms with Crippen molar-refractivity contribution in [2.45, 2.75) is 6.92 Å². The summed E-state index contributed by atoms with van der Waals surface area (Å²) in [4.78, 5) is 11.0. The molecule has 0 aliphatic carbocycles. The van der Waals surface area contributed by atoms with Crippen molar-refractivity contribution >= 4 is 32.8 Å². The van der Waals surface area contributed by atoms with Gasteiger partial charge in [0.15, 0.2) is 0 Å². The summed E-state index contributed by atoms with van der Waals surface area (Å²) in [6.45, 7) is 1.91. The summed E-state index contributed by atoms with van der Waals surface area (Å²) in [6.07, 6.45) is 0. The number of fused-ring (bicyclic) bond motifs is 1. The van der Waals surface area contributed by atoms with Gasteiger partial charge in [-0.05, 0) is 19.1 Å². The molecular weight excluding hydrogens is 260 g/mol. The molecule has 0 amide bonds. The van der Waals surface area contributed by atoms with Crippen LogP contribution in [-0.2, 0) is 7.05 Å². The lowest BCUT2D eigenvalue weighted by molar-refractivity contribution is 0.0698. The number of aromatic carboxylic acids is 1. The maximum Gasteiger partial charge on any atom is 0.338 e. The van der Waals surface area contributed by atoms with E-state index in [2.05, 4.69) is 21.0 Å². The van der Waals surface area contributed by atoms with Crippen molar-refractivity contribution in [1.29, 1.82) is 0 Å². The number of hydrogen-bond donors (Lipinski definition) is 1. The molecule has 15 heavy (non-hydrogen) atoms. The molecule has 0 fully saturated rings. The number of carboxylic acid groups (broad SMARTS) is 1. The molecule has 1 N–H and O–H groups in total. The van der Waals surface area contributed by atoms with Crippen molar-refractivity contribution in [2.24, 2.45) is 7.05 Å². The van der Waals surface area contributed by atoms with Crippen molar-refractivity contribution < 1.29 is 9.90 Å². The second-order valence-corrected chi connectivity index (χ2v) is 4.28. The van der Waals surface area contributed by atoms with Crippen LogP contribution >= 0.6 is 15.9 Å². The molecule has 0 aliphatic heterocycles. The van der Waals surface area contributed by atoms with E-state index >= 15 is 0 Å². The number of carboxylic acids is 1. The van der Waals surface area contributed by atoms with Gasteiger partial charge in [-0.15, -0.1) is 0 Å². The van der Waals surface area contributed by atoms with Crippen molar-refractivity contribution in [1.82, 2.24) is 9.78 Å². The molecule has 0 saturated carbocycles. The SMILES string of the molecule is Cc1c2cc(Br)cc(C(=O)O)c2nn1C. The lowest BCUT2D eigenvalue weighted by atomic mass is 10.1. The molecule has 2 rings (SSSR count). The molecule has 0 radical (unpaired) electrons. The Balaban J connectivity index is 2.92. The normalized spacial score (nSPS) is 10.9. The van der Waals surface area contributed by atoms with Crippen LogP contribution in [0.5, 0.6) is 0 Å². The van der Waals surface area contributed by atoms with E-state index in [9.17, 15) is 4.79 Å². The minimum absolute atomic E-state index is 0.225. The highest BCUT2D eigenvalue weighted by atomic mass is 79.9. The minimum Gasteiger partial charge on any atom is -0.478 e. The Labute approximate surface area is 94.6 Å². The van der Waals surface area contributed by atoms with Gasteiger partial charge in [0.05, 0.1) is 5.56 Å². The van der Waals surface area contributed by atoms with Crippen molar-refractivity contribution in [3.8, 4) is 0 Å². The number of nitrogens with zero attached hydrogens (tertiary/aromatic N) is 2. The molecule has 2 aromatic rings. The van der Waals surface area contributed by atoms with Gasteiger partial charge in [0.25, 0.3) is 0 Å². The maximum absolute atomic E-state index is 11.0. The molecule has 0 spiro atoms. The third kappa shape index (κ3) is 1.52. The van der Waals surface area contributed by atoms with Crippen LogP contribution in [0.1, 0.15) is 16.1 Å². The Hall–Kier alpha value is -1.36. The monoisotopic (exact) mass is 268 g/mol. The lowest BCUT2D eigenvalue weighted by Gasteiger charge is -1.97. The quantitative estimate of drug-likeness (QED) is 0.864. The standard InChI is InChI=1S/C10H9BrN2O2/c1-5-7-3-6(11)4-8(10(14)15)9(7)12-13(5)2/h3-4H,1-2H3,(H,14,15). The molecule has 4 nitrogen and oxygen atoms in total. The van der Waals surface area contributed by atoms with Crippen LogP contribution in [0.15, 0.2) is 16.6 Å². The van der Waals surface area contributed by atoms with E-state index in [-0.39, 0.29) is 5.56 Å². The van der Waals surface area contributed by atoms with E-state index in [4.69, 9.17) is 5.11 Å². The summed E-state index contributed by atoms with van der Waals surface area (Å²) in [7, 11) is 1.80. The van der Waals surface area contributed by atoms with Crippen LogP contribution in [0.4, 0.5) is 0 Å². The Kier molecular flexibility index (Phi) is 2.26. The average molecular weight is 269 g/mol. The number of hydrogen-bond acceptors (Lipinski definition) is 2. The van der Waals surface area contributed by atoms with Gasteiger partial charge < -0.3 is 5.11 Å². The molecule has 1 aromatic heterocycles. The number of carbonyl (C=O) groups is 1. The van der Waals surface area contributed by atoms with Crippen LogP contribution in [0.25, 0.3) is 10.9 Å². The third-order valence-electron chi connectivity index (χ3n) is 2.43. The predicted molar refractivity (Wildman–Crippen MR) is 60.1 cm³/mol. The Morgan fingerprint density at radius 1 is 1.53 bits per heavy atom. The van der Waals surface area contributed by atoms with Crippen molar-refractivity contribution in [2.75, 3.05) is 0 Å². The molecule has 0 unspecified atom stereocenters. The largest absolute Gasteiger partial charge is 0.478 e. The first-order chi connectivity index (χ1) is 7.00. The second kappa shape index (κ2) is 3.34. The van der Waals surface area contributed by atoms with Crippen LogP contribution < -0.4 is 0 Å². The molecule has 0 aliphatic rings. The summed E-state index contributed by atoms with van der Waals surface area (Å²) in [5, 5.41) is 14.1.